The Kier molecular flexibility index (Phi) is 5.18. The fraction of sp³-hybridized carbons (Fsp3) is 0.176. The lowest BCUT2D eigenvalue weighted by Crippen LogP contribution is -2.52. The maximum absolute atomic E-state index is 13.2. The lowest BCUT2D eigenvalue weighted by atomic mass is 10.1. The summed E-state index contributed by atoms with van der Waals surface area (Å²) in [5.41, 5.74) is 0.663. The van der Waals surface area contributed by atoms with Crippen LogP contribution in [0.5, 0.6) is 0 Å². The van der Waals surface area contributed by atoms with Crippen LogP contribution in [0.2, 0.25) is 15.1 Å². The fourth-order valence-electron chi connectivity index (χ4n) is 2.64. The Morgan fingerprint density at radius 1 is 1.04 bits per heavy atom. The van der Waals surface area contributed by atoms with Crippen LogP contribution in [0.25, 0.3) is 0 Å². The molecule has 3 rings (SSSR count). The van der Waals surface area contributed by atoms with Crippen LogP contribution < -0.4 is 4.90 Å². The maximum atomic E-state index is 13.2. The van der Waals surface area contributed by atoms with Crippen LogP contribution >= 0.6 is 34.8 Å². The Hall–Kier alpha value is -1.82. The molecule has 0 N–H and O–H groups in total. The second kappa shape index (κ2) is 7.20. The summed E-state index contributed by atoms with van der Waals surface area (Å²) < 4.78 is 13.2. The number of rotatable bonds is 2. The van der Waals surface area contributed by atoms with Gasteiger partial charge in [-0.3, -0.25) is 9.59 Å². The molecule has 2 aromatic carbocycles. The van der Waals surface area contributed by atoms with Crippen molar-refractivity contribution in [3.63, 3.8) is 0 Å². The zero-order valence-electron chi connectivity index (χ0n) is 12.8. The molecule has 1 saturated heterocycles. The molecule has 0 bridgehead atoms. The quantitative estimate of drug-likeness (QED) is 0.754. The minimum absolute atomic E-state index is 0.130. The third-order valence-corrected chi connectivity index (χ3v) is 5.01. The van der Waals surface area contributed by atoms with E-state index >= 15 is 0 Å². The molecule has 0 saturated carbocycles. The summed E-state index contributed by atoms with van der Waals surface area (Å²) in [4.78, 5) is 27.9. The summed E-state index contributed by atoms with van der Waals surface area (Å²) in [5, 5.41) is 0.576. The van der Waals surface area contributed by atoms with Crippen molar-refractivity contribution in [1.29, 1.82) is 0 Å². The van der Waals surface area contributed by atoms with Crippen molar-refractivity contribution in [1.82, 2.24) is 4.90 Å². The third kappa shape index (κ3) is 3.59. The van der Waals surface area contributed by atoms with Crippen LogP contribution in [0.4, 0.5) is 10.1 Å². The van der Waals surface area contributed by atoms with E-state index < -0.39 is 5.82 Å². The number of nitrogens with zero attached hydrogens (tertiary/aromatic N) is 2. The lowest BCUT2D eigenvalue weighted by Gasteiger charge is -2.34. The number of hydrogen-bond acceptors (Lipinski definition) is 2. The smallest absolute Gasteiger partial charge is 0.255 e. The highest BCUT2D eigenvalue weighted by atomic mass is 35.5. The van der Waals surface area contributed by atoms with Gasteiger partial charge in [0.25, 0.3) is 5.91 Å². The number of benzene rings is 2. The van der Waals surface area contributed by atoms with E-state index in [0.717, 1.165) is 6.07 Å². The molecular formula is C17H12Cl3FN2O2. The molecule has 0 aromatic heterocycles. The summed E-state index contributed by atoms with van der Waals surface area (Å²) in [6, 6.07) is 8.59. The Labute approximate surface area is 158 Å². The van der Waals surface area contributed by atoms with Crippen LogP contribution in [-0.2, 0) is 4.79 Å². The number of carbonyl (C=O) groups excluding carboxylic acids is 2. The van der Waals surface area contributed by atoms with Crippen LogP contribution in [0.3, 0.4) is 0 Å². The molecule has 8 heteroatoms. The van der Waals surface area contributed by atoms with E-state index in [9.17, 15) is 14.0 Å². The van der Waals surface area contributed by atoms with Gasteiger partial charge in [-0.05, 0) is 30.3 Å². The molecule has 4 nitrogen and oxygen atoms in total. The molecule has 0 aliphatic carbocycles. The summed E-state index contributed by atoms with van der Waals surface area (Å²) in [6.07, 6.45) is 0. The highest BCUT2D eigenvalue weighted by molar-refractivity contribution is 6.43. The Balaban J connectivity index is 1.78. The molecule has 0 radical (unpaired) electrons. The number of amides is 2. The van der Waals surface area contributed by atoms with Gasteiger partial charge in [0.05, 0.1) is 26.3 Å². The lowest BCUT2D eigenvalue weighted by molar-refractivity contribution is -0.120. The molecule has 1 fully saturated rings. The predicted molar refractivity (Wildman–Crippen MR) is 96.1 cm³/mol. The first-order valence-electron chi connectivity index (χ1n) is 7.37. The van der Waals surface area contributed by atoms with Crippen molar-refractivity contribution in [3.05, 3.63) is 62.8 Å². The van der Waals surface area contributed by atoms with Crippen LogP contribution in [0.1, 0.15) is 10.4 Å². The number of anilines is 1. The van der Waals surface area contributed by atoms with Gasteiger partial charge < -0.3 is 9.80 Å². The molecule has 25 heavy (non-hydrogen) atoms. The first kappa shape index (κ1) is 18.0. The van der Waals surface area contributed by atoms with Gasteiger partial charge in [-0.25, -0.2) is 4.39 Å². The summed E-state index contributed by atoms with van der Waals surface area (Å²) in [5.74, 6) is -1.16. The summed E-state index contributed by atoms with van der Waals surface area (Å²) in [6.45, 7) is 0.407. The number of hydrogen-bond donors (Lipinski definition) is 0. The molecule has 2 aromatic rings. The predicted octanol–water partition coefficient (Wildman–Crippen LogP) is 4.27. The van der Waals surface area contributed by atoms with Gasteiger partial charge in [-0.2, -0.15) is 0 Å². The van der Waals surface area contributed by atoms with Gasteiger partial charge in [0.15, 0.2) is 0 Å². The van der Waals surface area contributed by atoms with Gasteiger partial charge in [0.1, 0.15) is 12.4 Å². The zero-order valence-corrected chi connectivity index (χ0v) is 15.1. The van der Waals surface area contributed by atoms with Gasteiger partial charge in [0, 0.05) is 13.1 Å². The van der Waals surface area contributed by atoms with Gasteiger partial charge >= 0.3 is 0 Å². The second-order valence-corrected chi connectivity index (χ2v) is 6.66. The fourth-order valence-corrected chi connectivity index (χ4v) is 3.29. The third-order valence-electron chi connectivity index (χ3n) is 3.89. The molecule has 0 atom stereocenters. The standard InChI is InChI=1S/C17H12Cl3FN2O2/c18-12-3-1-2-11(16(12)20)17(25)22-6-7-23(15(24)9-22)14-5-4-10(21)8-13(14)19/h1-5,8H,6-7,9H2. The average Bonchev–Trinajstić information content (AvgIpc) is 2.57. The molecular weight excluding hydrogens is 390 g/mol. The molecule has 0 spiro atoms. The first-order valence-corrected chi connectivity index (χ1v) is 8.50. The van der Waals surface area contributed by atoms with Crippen LogP contribution in [0.15, 0.2) is 36.4 Å². The summed E-state index contributed by atoms with van der Waals surface area (Å²) >= 11 is 18.0. The largest absolute Gasteiger partial charge is 0.327 e. The Morgan fingerprint density at radius 3 is 2.48 bits per heavy atom. The molecule has 1 heterocycles. The maximum Gasteiger partial charge on any atom is 0.255 e. The minimum Gasteiger partial charge on any atom is -0.327 e. The van der Waals surface area contributed by atoms with Crippen molar-refractivity contribution in [2.45, 2.75) is 0 Å². The first-order chi connectivity index (χ1) is 11.9. The van der Waals surface area contributed by atoms with E-state index in [4.69, 9.17) is 34.8 Å². The van der Waals surface area contributed by atoms with E-state index in [0.29, 0.717) is 12.2 Å². The van der Waals surface area contributed by atoms with Crippen molar-refractivity contribution in [2.24, 2.45) is 0 Å². The van der Waals surface area contributed by atoms with Gasteiger partial charge in [-0.1, -0.05) is 40.9 Å². The Bertz CT molecular complexity index is 860. The summed E-state index contributed by atoms with van der Waals surface area (Å²) in [7, 11) is 0. The molecule has 130 valence electrons. The van der Waals surface area contributed by atoms with E-state index in [1.54, 1.807) is 18.2 Å². The highest BCUT2D eigenvalue weighted by Crippen LogP contribution is 2.29. The van der Waals surface area contributed by atoms with E-state index in [1.807, 2.05) is 0 Å². The average molecular weight is 402 g/mol. The number of halogens is 4. The number of piperazine rings is 1. The van der Waals surface area contributed by atoms with Crippen molar-refractivity contribution >= 4 is 52.3 Å². The molecule has 1 aliphatic heterocycles. The topological polar surface area (TPSA) is 40.6 Å². The van der Waals surface area contributed by atoms with Gasteiger partial charge in [0.2, 0.25) is 5.91 Å². The second-order valence-electron chi connectivity index (χ2n) is 5.47. The highest BCUT2D eigenvalue weighted by Gasteiger charge is 2.30. The monoisotopic (exact) mass is 400 g/mol. The van der Waals surface area contributed by atoms with E-state index in [2.05, 4.69) is 0 Å². The van der Waals surface area contributed by atoms with E-state index in [-0.39, 0.29) is 45.5 Å². The van der Waals surface area contributed by atoms with Crippen molar-refractivity contribution < 1.29 is 14.0 Å². The molecule has 2 amide bonds. The molecule has 1 aliphatic rings. The SMILES string of the molecule is O=C(c1cccc(Cl)c1Cl)N1CCN(c2ccc(F)cc2Cl)C(=O)C1. The normalized spacial score (nSPS) is 14.8. The minimum atomic E-state index is -0.481. The van der Waals surface area contributed by atoms with Crippen molar-refractivity contribution in [3.8, 4) is 0 Å². The Morgan fingerprint density at radius 2 is 1.80 bits per heavy atom. The van der Waals surface area contributed by atoms with Crippen LogP contribution in [0, 0.1) is 5.82 Å². The number of carbonyl (C=O) groups is 2. The van der Waals surface area contributed by atoms with Crippen molar-refractivity contribution in [2.75, 3.05) is 24.5 Å². The van der Waals surface area contributed by atoms with Gasteiger partial charge in [-0.15, -0.1) is 0 Å². The molecule has 0 unspecified atom stereocenters. The van der Waals surface area contributed by atoms with E-state index in [1.165, 1.54) is 21.9 Å². The van der Waals surface area contributed by atoms with Crippen LogP contribution in [-0.4, -0.2) is 36.3 Å². The zero-order chi connectivity index (χ0) is 18.1.